The van der Waals surface area contributed by atoms with Crippen molar-refractivity contribution in [3.8, 4) is 11.4 Å². The van der Waals surface area contributed by atoms with E-state index in [0.717, 1.165) is 42.7 Å². The Morgan fingerprint density at radius 3 is 2.62 bits per heavy atom. The Labute approximate surface area is 146 Å². The SMILES string of the molecule is Cc1cccc(-c2nnc(SCC(=O)N3CCN(C)CC3)n2C)c1. The molecular formula is C17H23N5OS. The van der Waals surface area contributed by atoms with Crippen LogP contribution < -0.4 is 0 Å². The van der Waals surface area contributed by atoms with Crippen LogP contribution in [0.15, 0.2) is 29.4 Å². The fourth-order valence-corrected chi connectivity index (χ4v) is 3.56. The molecule has 0 atom stereocenters. The van der Waals surface area contributed by atoms with Crippen LogP contribution in [0, 0.1) is 6.92 Å². The smallest absolute Gasteiger partial charge is 0.233 e. The lowest BCUT2D eigenvalue weighted by Gasteiger charge is -2.32. The molecule has 0 spiro atoms. The highest BCUT2D eigenvalue weighted by molar-refractivity contribution is 7.99. The number of hydrogen-bond donors (Lipinski definition) is 0. The summed E-state index contributed by atoms with van der Waals surface area (Å²) >= 11 is 1.45. The van der Waals surface area contributed by atoms with E-state index in [1.807, 2.05) is 28.6 Å². The minimum atomic E-state index is 0.174. The highest BCUT2D eigenvalue weighted by atomic mass is 32.2. The molecule has 0 N–H and O–H groups in total. The number of nitrogens with zero attached hydrogens (tertiary/aromatic N) is 5. The van der Waals surface area contributed by atoms with Gasteiger partial charge in [0.2, 0.25) is 5.91 Å². The monoisotopic (exact) mass is 345 g/mol. The van der Waals surface area contributed by atoms with Crippen LogP contribution in [0.2, 0.25) is 0 Å². The molecule has 7 heteroatoms. The standard InChI is InChI=1S/C17H23N5OS/c1-13-5-4-6-14(11-13)16-18-19-17(21(16)3)24-12-15(23)22-9-7-20(2)8-10-22/h4-6,11H,7-10,12H2,1-3H3. The van der Waals surface area contributed by atoms with E-state index in [-0.39, 0.29) is 5.91 Å². The molecule has 2 heterocycles. The molecule has 0 bridgehead atoms. The van der Waals surface area contributed by atoms with Gasteiger partial charge in [0.1, 0.15) is 0 Å². The lowest BCUT2D eigenvalue weighted by Crippen LogP contribution is -2.47. The summed E-state index contributed by atoms with van der Waals surface area (Å²) in [6.45, 7) is 5.56. The maximum Gasteiger partial charge on any atom is 0.233 e. The van der Waals surface area contributed by atoms with Crippen molar-refractivity contribution in [3.05, 3.63) is 29.8 Å². The van der Waals surface area contributed by atoms with E-state index in [0.29, 0.717) is 5.75 Å². The zero-order chi connectivity index (χ0) is 17.1. The summed E-state index contributed by atoms with van der Waals surface area (Å²) < 4.78 is 1.96. The van der Waals surface area contributed by atoms with Crippen LogP contribution >= 0.6 is 11.8 Å². The van der Waals surface area contributed by atoms with E-state index in [4.69, 9.17) is 0 Å². The molecule has 1 saturated heterocycles. The maximum atomic E-state index is 12.3. The quantitative estimate of drug-likeness (QED) is 0.789. The molecule has 1 fully saturated rings. The van der Waals surface area contributed by atoms with Gasteiger partial charge in [-0.2, -0.15) is 0 Å². The van der Waals surface area contributed by atoms with E-state index in [1.165, 1.54) is 17.3 Å². The maximum absolute atomic E-state index is 12.3. The van der Waals surface area contributed by atoms with Crippen molar-refractivity contribution < 1.29 is 4.79 Å². The Morgan fingerprint density at radius 1 is 1.17 bits per heavy atom. The van der Waals surface area contributed by atoms with Crippen molar-refractivity contribution in [1.82, 2.24) is 24.6 Å². The van der Waals surface area contributed by atoms with Crippen molar-refractivity contribution >= 4 is 17.7 Å². The Morgan fingerprint density at radius 2 is 1.92 bits per heavy atom. The first-order valence-corrected chi connectivity index (χ1v) is 9.08. The number of benzene rings is 1. The molecule has 0 aliphatic carbocycles. The summed E-state index contributed by atoms with van der Waals surface area (Å²) in [5, 5.41) is 9.31. The number of hydrogen-bond acceptors (Lipinski definition) is 5. The zero-order valence-corrected chi connectivity index (χ0v) is 15.2. The second kappa shape index (κ2) is 7.36. The number of piperazine rings is 1. The summed E-state index contributed by atoms with van der Waals surface area (Å²) in [6.07, 6.45) is 0. The number of aryl methyl sites for hydroxylation is 1. The minimum absolute atomic E-state index is 0.174. The van der Waals surface area contributed by atoms with Crippen LogP contribution in [0.25, 0.3) is 11.4 Å². The number of amides is 1. The summed E-state index contributed by atoms with van der Waals surface area (Å²) in [5.41, 5.74) is 2.23. The molecule has 1 aromatic heterocycles. The minimum Gasteiger partial charge on any atom is -0.339 e. The number of likely N-dealkylation sites (N-methyl/N-ethyl adjacent to an activating group) is 1. The van der Waals surface area contributed by atoms with Crippen molar-refractivity contribution in [2.24, 2.45) is 7.05 Å². The van der Waals surface area contributed by atoms with Gasteiger partial charge in [-0.15, -0.1) is 10.2 Å². The number of rotatable bonds is 4. The summed E-state index contributed by atoms with van der Waals surface area (Å²) in [6, 6.07) is 8.20. The molecule has 1 aromatic carbocycles. The first-order valence-electron chi connectivity index (χ1n) is 8.10. The Balaban J connectivity index is 1.63. The van der Waals surface area contributed by atoms with Gasteiger partial charge in [0, 0.05) is 38.8 Å². The van der Waals surface area contributed by atoms with Crippen molar-refractivity contribution in [3.63, 3.8) is 0 Å². The van der Waals surface area contributed by atoms with E-state index in [2.05, 4.69) is 41.2 Å². The van der Waals surface area contributed by atoms with Gasteiger partial charge in [0.25, 0.3) is 0 Å². The lowest BCUT2D eigenvalue weighted by atomic mass is 10.1. The molecule has 1 aliphatic heterocycles. The zero-order valence-electron chi connectivity index (χ0n) is 14.4. The van der Waals surface area contributed by atoms with E-state index >= 15 is 0 Å². The fraction of sp³-hybridized carbons (Fsp3) is 0.471. The van der Waals surface area contributed by atoms with Crippen molar-refractivity contribution in [2.75, 3.05) is 39.0 Å². The summed E-state index contributed by atoms with van der Waals surface area (Å²) in [7, 11) is 4.03. The Hall–Kier alpha value is -1.86. The summed E-state index contributed by atoms with van der Waals surface area (Å²) in [5.74, 6) is 1.41. The molecule has 128 valence electrons. The van der Waals surface area contributed by atoms with Gasteiger partial charge in [-0.05, 0) is 20.0 Å². The van der Waals surface area contributed by atoms with Gasteiger partial charge in [-0.1, -0.05) is 35.5 Å². The Kier molecular flexibility index (Phi) is 5.20. The van der Waals surface area contributed by atoms with Crippen LogP contribution in [-0.4, -0.2) is 69.5 Å². The van der Waals surface area contributed by atoms with Crippen molar-refractivity contribution in [1.29, 1.82) is 0 Å². The van der Waals surface area contributed by atoms with E-state index in [9.17, 15) is 4.79 Å². The highest BCUT2D eigenvalue weighted by Crippen LogP contribution is 2.23. The van der Waals surface area contributed by atoms with E-state index < -0.39 is 0 Å². The number of carbonyl (C=O) groups excluding carboxylic acids is 1. The van der Waals surface area contributed by atoms with Gasteiger partial charge in [-0.25, -0.2) is 0 Å². The lowest BCUT2D eigenvalue weighted by molar-refractivity contribution is -0.129. The molecule has 24 heavy (non-hydrogen) atoms. The molecule has 1 amide bonds. The molecule has 6 nitrogen and oxygen atoms in total. The first kappa shape index (κ1) is 17.0. The number of thioether (sulfide) groups is 1. The highest BCUT2D eigenvalue weighted by Gasteiger charge is 2.20. The Bertz CT molecular complexity index is 722. The van der Waals surface area contributed by atoms with Gasteiger partial charge >= 0.3 is 0 Å². The van der Waals surface area contributed by atoms with Gasteiger partial charge < -0.3 is 14.4 Å². The van der Waals surface area contributed by atoms with Crippen LogP contribution in [0.4, 0.5) is 0 Å². The molecule has 0 saturated carbocycles. The average Bonchev–Trinajstić information content (AvgIpc) is 2.94. The van der Waals surface area contributed by atoms with Gasteiger partial charge in [0.05, 0.1) is 5.75 Å². The predicted octanol–water partition coefficient (Wildman–Crippen LogP) is 1.66. The topological polar surface area (TPSA) is 54.3 Å². The van der Waals surface area contributed by atoms with Crippen LogP contribution in [0.1, 0.15) is 5.56 Å². The van der Waals surface area contributed by atoms with Crippen molar-refractivity contribution in [2.45, 2.75) is 12.1 Å². The first-order chi connectivity index (χ1) is 11.5. The third-order valence-electron chi connectivity index (χ3n) is 4.29. The second-order valence-electron chi connectivity index (χ2n) is 6.21. The van der Waals surface area contributed by atoms with Gasteiger partial charge in [0.15, 0.2) is 11.0 Å². The molecular weight excluding hydrogens is 322 g/mol. The van der Waals surface area contributed by atoms with Gasteiger partial charge in [-0.3, -0.25) is 4.79 Å². The van der Waals surface area contributed by atoms with Crippen LogP contribution in [0.5, 0.6) is 0 Å². The van der Waals surface area contributed by atoms with Crippen LogP contribution in [0.3, 0.4) is 0 Å². The second-order valence-corrected chi connectivity index (χ2v) is 7.15. The average molecular weight is 345 g/mol. The number of aromatic nitrogens is 3. The molecule has 0 radical (unpaired) electrons. The predicted molar refractivity (Wildman–Crippen MR) is 96.0 cm³/mol. The summed E-state index contributed by atoms with van der Waals surface area (Å²) in [4.78, 5) is 16.5. The molecule has 1 aliphatic rings. The molecule has 3 rings (SSSR count). The molecule has 2 aromatic rings. The fourth-order valence-electron chi connectivity index (χ4n) is 2.75. The third kappa shape index (κ3) is 3.79. The molecule has 0 unspecified atom stereocenters. The van der Waals surface area contributed by atoms with E-state index in [1.54, 1.807) is 0 Å². The largest absolute Gasteiger partial charge is 0.339 e. The van der Waals surface area contributed by atoms with Crippen LogP contribution in [-0.2, 0) is 11.8 Å². The number of carbonyl (C=O) groups is 1. The third-order valence-corrected chi connectivity index (χ3v) is 5.30. The normalized spacial score (nSPS) is 15.7.